The highest BCUT2D eigenvalue weighted by Gasteiger charge is 2.01. The summed E-state index contributed by atoms with van der Waals surface area (Å²) in [7, 11) is 1.36. The molecule has 0 amide bonds. The van der Waals surface area contributed by atoms with Crippen molar-refractivity contribution >= 4 is 5.97 Å². The third-order valence-corrected chi connectivity index (χ3v) is 1.54. The summed E-state index contributed by atoms with van der Waals surface area (Å²) >= 11 is 0. The van der Waals surface area contributed by atoms with Crippen LogP contribution in [0, 0.1) is 0 Å². The fourth-order valence-electron chi connectivity index (χ4n) is 0.785. The fourth-order valence-corrected chi connectivity index (χ4v) is 0.785. The van der Waals surface area contributed by atoms with Crippen molar-refractivity contribution in [2.45, 2.75) is 32.8 Å². The molecule has 1 unspecified atom stereocenters. The summed E-state index contributed by atoms with van der Waals surface area (Å²) in [5.41, 5.74) is 0.596. The van der Waals surface area contributed by atoms with Gasteiger partial charge in [0.25, 0.3) is 0 Å². The van der Waals surface area contributed by atoms with E-state index < -0.39 is 0 Å². The average molecular weight is 172 g/mol. The van der Waals surface area contributed by atoms with Gasteiger partial charge in [0.15, 0.2) is 0 Å². The Labute approximate surface area is 73.0 Å². The molecule has 0 saturated carbocycles. The van der Waals surface area contributed by atoms with Crippen molar-refractivity contribution in [3.63, 3.8) is 0 Å². The number of ether oxygens (including phenoxy) is 1. The fraction of sp³-hybridized carbons (Fsp3) is 0.667. The molecule has 0 rings (SSSR count). The zero-order valence-electron chi connectivity index (χ0n) is 7.83. The lowest BCUT2D eigenvalue weighted by molar-refractivity contribution is -0.136. The quantitative estimate of drug-likeness (QED) is 0.513. The zero-order chi connectivity index (χ0) is 9.56. The largest absolute Gasteiger partial charge is 0.466 e. The van der Waals surface area contributed by atoms with Crippen molar-refractivity contribution in [2.75, 3.05) is 7.11 Å². The van der Waals surface area contributed by atoms with E-state index in [0.29, 0.717) is 18.4 Å². The van der Waals surface area contributed by atoms with Gasteiger partial charge in [0, 0.05) is 5.57 Å². The van der Waals surface area contributed by atoms with Crippen molar-refractivity contribution in [3.05, 3.63) is 11.6 Å². The number of aliphatic hydroxyl groups excluding tert-OH is 1. The molecule has 0 radical (unpaired) electrons. The summed E-state index contributed by atoms with van der Waals surface area (Å²) in [5.74, 6) is -0.305. The molecule has 0 aliphatic heterocycles. The van der Waals surface area contributed by atoms with Gasteiger partial charge >= 0.3 is 5.97 Å². The standard InChI is InChI=1S/C9H16O3/c1-7(9(11)12-3)5-4-6-8(2)10/h5,8,10H,4,6H2,1-3H3/b7-5+. The Morgan fingerprint density at radius 2 is 2.25 bits per heavy atom. The number of carbonyl (C=O) groups is 1. The van der Waals surface area contributed by atoms with E-state index in [0.717, 1.165) is 0 Å². The van der Waals surface area contributed by atoms with E-state index in [9.17, 15) is 4.79 Å². The summed E-state index contributed by atoms with van der Waals surface area (Å²) in [6.45, 7) is 3.43. The van der Waals surface area contributed by atoms with Gasteiger partial charge < -0.3 is 9.84 Å². The predicted octanol–water partition coefficient (Wildman–Crippen LogP) is 1.27. The Morgan fingerprint density at radius 1 is 1.67 bits per heavy atom. The molecule has 0 aromatic heterocycles. The molecular weight excluding hydrogens is 156 g/mol. The number of rotatable bonds is 4. The summed E-state index contributed by atoms with van der Waals surface area (Å²) in [6, 6.07) is 0. The summed E-state index contributed by atoms with van der Waals surface area (Å²) < 4.78 is 4.50. The Hall–Kier alpha value is -0.830. The number of aliphatic hydroxyl groups is 1. The Kier molecular flexibility index (Phi) is 5.37. The van der Waals surface area contributed by atoms with E-state index in [1.165, 1.54) is 7.11 Å². The molecule has 0 aliphatic rings. The highest BCUT2D eigenvalue weighted by atomic mass is 16.5. The average Bonchev–Trinajstić information content (AvgIpc) is 2.02. The third kappa shape index (κ3) is 4.91. The molecule has 0 fully saturated rings. The van der Waals surface area contributed by atoms with Crippen LogP contribution in [0.5, 0.6) is 0 Å². The Balaban J connectivity index is 3.76. The topological polar surface area (TPSA) is 46.5 Å². The van der Waals surface area contributed by atoms with E-state index in [-0.39, 0.29) is 12.1 Å². The van der Waals surface area contributed by atoms with Crippen LogP contribution in [-0.2, 0) is 9.53 Å². The van der Waals surface area contributed by atoms with Crippen molar-refractivity contribution < 1.29 is 14.6 Å². The SMILES string of the molecule is COC(=O)/C(C)=C/CCC(C)O. The van der Waals surface area contributed by atoms with Gasteiger partial charge in [-0.15, -0.1) is 0 Å². The molecule has 3 heteroatoms. The summed E-state index contributed by atoms with van der Waals surface area (Å²) in [6.07, 6.45) is 2.84. The molecule has 12 heavy (non-hydrogen) atoms. The summed E-state index contributed by atoms with van der Waals surface area (Å²) in [5, 5.41) is 8.92. The molecule has 0 aromatic carbocycles. The van der Waals surface area contributed by atoms with Gasteiger partial charge in [-0.3, -0.25) is 0 Å². The van der Waals surface area contributed by atoms with Gasteiger partial charge in [0.2, 0.25) is 0 Å². The Bertz CT molecular complexity index is 171. The highest BCUT2D eigenvalue weighted by Crippen LogP contribution is 2.02. The molecule has 0 spiro atoms. The van der Waals surface area contributed by atoms with Crippen LogP contribution in [0.25, 0.3) is 0 Å². The van der Waals surface area contributed by atoms with Crippen molar-refractivity contribution in [2.24, 2.45) is 0 Å². The number of hydrogen-bond acceptors (Lipinski definition) is 3. The number of allylic oxidation sites excluding steroid dienone is 1. The van der Waals surface area contributed by atoms with Crippen molar-refractivity contribution in [1.82, 2.24) is 0 Å². The van der Waals surface area contributed by atoms with E-state index in [2.05, 4.69) is 4.74 Å². The normalized spacial score (nSPS) is 14.2. The number of carbonyl (C=O) groups excluding carboxylic acids is 1. The van der Waals surface area contributed by atoms with Crippen LogP contribution in [-0.4, -0.2) is 24.3 Å². The van der Waals surface area contributed by atoms with Gasteiger partial charge in [0.1, 0.15) is 0 Å². The Morgan fingerprint density at radius 3 is 2.67 bits per heavy atom. The van der Waals surface area contributed by atoms with Crippen LogP contribution in [0.2, 0.25) is 0 Å². The van der Waals surface area contributed by atoms with Crippen LogP contribution < -0.4 is 0 Å². The highest BCUT2D eigenvalue weighted by molar-refractivity contribution is 5.87. The maximum Gasteiger partial charge on any atom is 0.333 e. The zero-order valence-corrected chi connectivity index (χ0v) is 7.83. The van der Waals surface area contributed by atoms with Crippen molar-refractivity contribution in [3.8, 4) is 0 Å². The van der Waals surface area contributed by atoms with E-state index >= 15 is 0 Å². The first-order chi connectivity index (χ1) is 5.57. The molecule has 0 aromatic rings. The van der Waals surface area contributed by atoms with Crippen molar-refractivity contribution in [1.29, 1.82) is 0 Å². The molecule has 1 N–H and O–H groups in total. The van der Waals surface area contributed by atoms with Gasteiger partial charge in [-0.1, -0.05) is 6.08 Å². The van der Waals surface area contributed by atoms with Gasteiger partial charge in [-0.25, -0.2) is 4.79 Å². The maximum absolute atomic E-state index is 10.8. The first-order valence-corrected chi connectivity index (χ1v) is 4.01. The molecule has 70 valence electrons. The molecule has 3 nitrogen and oxygen atoms in total. The molecule has 0 aliphatic carbocycles. The van der Waals surface area contributed by atoms with E-state index in [1.807, 2.05) is 0 Å². The van der Waals surface area contributed by atoms with Crippen LogP contribution >= 0.6 is 0 Å². The lowest BCUT2D eigenvalue weighted by Crippen LogP contribution is -2.02. The first-order valence-electron chi connectivity index (χ1n) is 4.01. The number of esters is 1. The number of methoxy groups -OCH3 is 1. The second-order valence-corrected chi connectivity index (χ2v) is 2.81. The predicted molar refractivity (Wildman–Crippen MR) is 46.7 cm³/mol. The second-order valence-electron chi connectivity index (χ2n) is 2.81. The molecule has 0 bridgehead atoms. The van der Waals surface area contributed by atoms with Crippen LogP contribution in [0.3, 0.4) is 0 Å². The lowest BCUT2D eigenvalue weighted by Gasteiger charge is -2.01. The molecule has 0 saturated heterocycles. The van der Waals surface area contributed by atoms with Gasteiger partial charge in [-0.05, 0) is 26.7 Å². The minimum atomic E-state index is -0.313. The third-order valence-electron chi connectivity index (χ3n) is 1.54. The van der Waals surface area contributed by atoms with Crippen LogP contribution in [0.15, 0.2) is 11.6 Å². The maximum atomic E-state index is 10.8. The first kappa shape index (κ1) is 11.2. The smallest absolute Gasteiger partial charge is 0.333 e. The minimum Gasteiger partial charge on any atom is -0.466 e. The van der Waals surface area contributed by atoms with E-state index in [4.69, 9.17) is 5.11 Å². The summed E-state index contributed by atoms with van der Waals surface area (Å²) in [4.78, 5) is 10.8. The molecule has 0 heterocycles. The van der Waals surface area contributed by atoms with Gasteiger partial charge in [0.05, 0.1) is 13.2 Å². The lowest BCUT2D eigenvalue weighted by atomic mass is 10.1. The monoisotopic (exact) mass is 172 g/mol. The second kappa shape index (κ2) is 5.77. The van der Waals surface area contributed by atoms with Crippen LogP contribution in [0.4, 0.5) is 0 Å². The van der Waals surface area contributed by atoms with Gasteiger partial charge in [-0.2, -0.15) is 0 Å². The molecule has 1 atom stereocenters. The number of hydrogen-bond donors (Lipinski definition) is 1. The van der Waals surface area contributed by atoms with Crippen LogP contribution in [0.1, 0.15) is 26.7 Å². The minimum absolute atomic E-state index is 0.305. The molecular formula is C9H16O3. The van der Waals surface area contributed by atoms with E-state index in [1.54, 1.807) is 19.9 Å².